The van der Waals surface area contributed by atoms with Crippen LogP contribution in [0.3, 0.4) is 0 Å². The van der Waals surface area contributed by atoms with Gasteiger partial charge in [0.25, 0.3) is 17.5 Å². The minimum atomic E-state index is -4.75. The molecule has 1 unspecified atom stereocenters. The number of halogens is 3. The molecule has 10 nitrogen and oxygen atoms in total. The number of sulfonamides is 1. The van der Waals surface area contributed by atoms with Crippen LogP contribution >= 0.6 is 0 Å². The Morgan fingerprint density at radius 2 is 1.97 bits per heavy atom. The van der Waals surface area contributed by atoms with E-state index in [0.29, 0.717) is 5.69 Å². The van der Waals surface area contributed by atoms with Gasteiger partial charge in [-0.3, -0.25) is 9.10 Å². The second kappa shape index (κ2) is 7.08. The summed E-state index contributed by atoms with van der Waals surface area (Å²) in [7, 11) is -3.70. The summed E-state index contributed by atoms with van der Waals surface area (Å²) < 4.78 is 70.5. The summed E-state index contributed by atoms with van der Waals surface area (Å²) in [6, 6.07) is 7.65. The van der Waals surface area contributed by atoms with Crippen LogP contribution in [-0.2, 0) is 21.0 Å². The highest BCUT2D eigenvalue weighted by Crippen LogP contribution is 2.34. The van der Waals surface area contributed by atoms with Gasteiger partial charge in [-0.2, -0.15) is 23.1 Å². The molecule has 3 heterocycles. The number of hydrogen-bond donors (Lipinski definition) is 1. The molecular formula is C17H15F3N6O4S. The Morgan fingerprint density at radius 1 is 1.26 bits per heavy atom. The smallest absolute Gasteiger partial charge is 0.453 e. The first kappa shape index (κ1) is 20.8. The van der Waals surface area contributed by atoms with Crippen molar-refractivity contribution >= 4 is 33.2 Å². The largest absolute Gasteiger partial charge is 0.476 e. The van der Waals surface area contributed by atoms with Crippen molar-refractivity contribution in [2.45, 2.75) is 19.2 Å². The van der Waals surface area contributed by atoms with Crippen LogP contribution in [-0.4, -0.2) is 52.8 Å². The summed E-state index contributed by atoms with van der Waals surface area (Å²) in [6.45, 7) is 1.18. The Morgan fingerprint density at radius 3 is 2.65 bits per heavy atom. The topological polar surface area (TPSA) is 119 Å². The number of hydrogen-bond acceptors (Lipinski definition) is 7. The van der Waals surface area contributed by atoms with E-state index in [1.165, 1.54) is 19.1 Å². The third kappa shape index (κ3) is 3.97. The first-order chi connectivity index (χ1) is 14.4. The lowest BCUT2D eigenvalue weighted by Crippen LogP contribution is -2.48. The van der Waals surface area contributed by atoms with Crippen LogP contribution in [0.25, 0.3) is 5.78 Å². The minimum Gasteiger partial charge on any atom is -0.476 e. The standard InChI is InChI=1S/C17H15F3N6O4S/c1-9-7-13(22-16-23-15(17(18,19)20)24-26(9)16)21-14(27)12-8-25(31(2,28)29)10-5-3-4-6-11(10)30-12/h3-7,12H,8H2,1-2H3,(H,21,22,23,24,27). The van der Waals surface area contributed by atoms with Crippen LogP contribution in [0.2, 0.25) is 0 Å². The number of fused-ring (bicyclic) bond motifs is 2. The van der Waals surface area contributed by atoms with E-state index in [-0.39, 0.29) is 29.6 Å². The van der Waals surface area contributed by atoms with Crippen LogP contribution in [0.5, 0.6) is 5.75 Å². The maximum absolute atomic E-state index is 12.9. The second-order valence-electron chi connectivity index (χ2n) is 6.79. The molecule has 1 N–H and O–H groups in total. The summed E-state index contributed by atoms with van der Waals surface area (Å²) in [5.74, 6) is -2.32. The number of ether oxygens (including phenoxy) is 1. The number of alkyl halides is 3. The van der Waals surface area contributed by atoms with Gasteiger partial charge < -0.3 is 10.1 Å². The first-order valence-corrected chi connectivity index (χ1v) is 10.6. The molecule has 0 bridgehead atoms. The zero-order valence-electron chi connectivity index (χ0n) is 16.1. The number of carbonyl (C=O) groups is 1. The van der Waals surface area contributed by atoms with Gasteiger partial charge in [0.2, 0.25) is 10.0 Å². The van der Waals surface area contributed by atoms with Crippen LogP contribution in [0.4, 0.5) is 24.7 Å². The number of carbonyl (C=O) groups excluding carboxylic acids is 1. The normalized spacial score (nSPS) is 16.7. The number of nitrogens with one attached hydrogen (secondary N) is 1. The molecule has 1 aliphatic rings. The average molecular weight is 456 g/mol. The van der Waals surface area contributed by atoms with E-state index in [1.807, 2.05) is 0 Å². The second-order valence-corrected chi connectivity index (χ2v) is 8.69. The molecule has 0 saturated heterocycles. The van der Waals surface area contributed by atoms with Crippen LogP contribution < -0.4 is 14.4 Å². The van der Waals surface area contributed by atoms with Gasteiger partial charge in [-0.25, -0.2) is 12.9 Å². The Hall–Kier alpha value is -3.42. The zero-order chi connectivity index (χ0) is 22.6. The molecule has 4 rings (SSSR count). The van der Waals surface area contributed by atoms with Gasteiger partial charge in [0.1, 0.15) is 11.6 Å². The van der Waals surface area contributed by atoms with Gasteiger partial charge in [-0.15, -0.1) is 5.10 Å². The number of rotatable bonds is 3. The van der Waals surface area contributed by atoms with Crippen molar-refractivity contribution in [3.63, 3.8) is 0 Å². The van der Waals surface area contributed by atoms with Crippen LogP contribution in [0.15, 0.2) is 30.3 Å². The van der Waals surface area contributed by atoms with Gasteiger partial charge >= 0.3 is 6.18 Å². The molecule has 3 aromatic rings. The van der Waals surface area contributed by atoms with Gasteiger partial charge in [0.05, 0.1) is 18.5 Å². The fourth-order valence-electron chi connectivity index (χ4n) is 3.06. The molecule has 0 radical (unpaired) electrons. The van der Waals surface area contributed by atoms with Crippen LogP contribution in [0.1, 0.15) is 11.5 Å². The maximum Gasteiger partial charge on any atom is 0.453 e. The van der Waals surface area contributed by atoms with Crippen molar-refractivity contribution in [1.29, 1.82) is 0 Å². The van der Waals surface area contributed by atoms with Gasteiger partial charge in [-0.1, -0.05) is 12.1 Å². The molecule has 0 aliphatic carbocycles. The summed E-state index contributed by atoms with van der Waals surface area (Å²) in [6.07, 6.45) is -4.96. The number of anilines is 2. The van der Waals surface area contributed by atoms with E-state index in [4.69, 9.17) is 4.74 Å². The molecule has 1 amide bonds. The maximum atomic E-state index is 12.9. The van der Waals surface area contributed by atoms with Gasteiger partial charge in [0, 0.05) is 11.8 Å². The highest BCUT2D eigenvalue weighted by molar-refractivity contribution is 7.92. The van der Waals surface area contributed by atoms with E-state index in [2.05, 4.69) is 20.4 Å². The first-order valence-electron chi connectivity index (χ1n) is 8.79. The minimum absolute atomic E-state index is 0.0792. The SMILES string of the molecule is Cc1cc(NC(=O)C2CN(S(C)(=O)=O)c3ccccc3O2)nc2nc(C(F)(F)F)nn12. The summed E-state index contributed by atoms with van der Waals surface area (Å²) in [5.41, 5.74) is 0.545. The lowest BCUT2D eigenvalue weighted by molar-refractivity contribution is -0.144. The lowest BCUT2D eigenvalue weighted by atomic mass is 10.2. The van der Waals surface area contributed by atoms with Crippen molar-refractivity contribution in [3.05, 3.63) is 41.9 Å². The van der Waals surface area contributed by atoms with Crippen molar-refractivity contribution in [1.82, 2.24) is 19.6 Å². The molecule has 2 aromatic heterocycles. The summed E-state index contributed by atoms with van der Waals surface area (Å²) in [4.78, 5) is 20.0. The predicted octanol–water partition coefficient (Wildman–Crippen LogP) is 1.62. The van der Waals surface area contributed by atoms with Crippen molar-refractivity contribution < 1.29 is 31.1 Å². The number of aryl methyl sites for hydroxylation is 1. The molecule has 0 spiro atoms. The Labute approximate surface area is 173 Å². The zero-order valence-corrected chi connectivity index (χ0v) is 16.9. The third-order valence-corrected chi connectivity index (χ3v) is 5.57. The number of para-hydroxylation sites is 2. The van der Waals surface area contributed by atoms with E-state index in [9.17, 15) is 26.4 Å². The number of amides is 1. The Kier molecular flexibility index (Phi) is 4.76. The highest BCUT2D eigenvalue weighted by atomic mass is 32.2. The molecule has 0 saturated carbocycles. The van der Waals surface area contributed by atoms with E-state index in [1.54, 1.807) is 18.2 Å². The molecule has 31 heavy (non-hydrogen) atoms. The third-order valence-electron chi connectivity index (χ3n) is 4.42. The van der Waals surface area contributed by atoms with E-state index in [0.717, 1.165) is 15.1 Å². The quantitative estimate of drug-likeness (QED) is 0.636. The average Bonchev–Trinajstić information content (AvgIpc) is 3.11. The summed E-state index contributed by atoms with van der Waals surface area (Å²) >= 11 is 0. The molecule has 164 valence electrons. The lowest BCUT2D eigenvalue weighted by Gasteiger charge is -2.33. The van der Waals surface area contributed by atoms with Gasteiger partial charge in [-0.05, 0) is 19.1 Å². The number of aromatic nitrogens is 4. The van der Waals surface area contributed by atoms with E-state index < -0.39 is 34.0 Å². The molecule has 1 atom stereocenters. The number of nitrogens with zero attached hydrogens (tertiary/aromatic N) is 5. The molecule has 1 aliphatic heterocycles. The molecule has 0 fully saturated rings. The van der Waals surface area contributed by atoms with Crippen molar-refractivity contribution in [2.24, 2.45) is 0 Å². The Bertz CT molecular complexity index is 1290. The van der Waals surface area contributed by atoms with Crippen molar-refractivity contribution in [3.8, 4) is 5.75 Å². The predicted molar refractivity (Wildman–Crippen MR) is 102 cm³/mol. The molecule has 14 heteroatoms. The fourth-order valence-corrected chi connectivity index (χ4v) is 3.97. The monoisotopic (exact) mass is 456 g/mol. The van der Waals surface area contributed by atoms with E-state index >= 15 is 0 Å². The summed E-state index contributed by atoms with van der Waals surface area (Å²) in [5, 5.41) is 5.80. The Balaban J connectivity index is 1.62. The number of benzene rings is 1. The fraction of sp³-hybridized carbons (Fsp3) is 0.294. The highest BCUT2D eigenvalue weighted by Gasteiger charge is 2.37. The van der Waals surface area contributed by atoms with Crippen molar-refractivity contribution in [2.75, 3.05) is 22.4 Å². The van der Waals surface area contributed by atoms with Gasteiger partial charge in [0.15, 0.2) is 6.10 Å². The molecular weight excluding hydrogens is 441 g/mol. The molecule has 1 aromatic carbocycles. The van der Waals surface area contributed by atoms with Crippen LogP contribution in [0, 0.1) is 6.92 Å².